The van der Waals surface area contributed by atoms with Crippen molar-refractivity contribution in [2.75, 3.05) is 19.5 Å². The zero-order valence-electron chi connectivity index (χ0n) is 19.1. The van der Waals surface area contributed by atoms with Gasteiger partial charge in [-0.2, -0.15) is 0 Å². The monoisotopic (exact) mass is 441 g/mol. The van der Waals surface area contributed by atoms with Gasteiger partial charge in [0.15, 0.2) is 23.3 Å². The first-order valence-corrected chi connectivity index (χ1v) is 8.97. The van der Waals surface area contributed by atoms with Gasteiger partial charge in [0.1, 0.15) is 11.4 Å². The predicted octanol–water partition coefficient (Wildman–Crippen LogP) is 4.02. The van der Waals surface area contributed by atoms with Crippen LogP contribution in [0.1, 0.15) is 23.4 Å². The second kappa shape index (κ2) is 9.17. The van der Waals surface area contributed by atoms with Crippen molar-refractivity contribution in [1.82, 2.24) is 5.48 Å². The Hall–Kier alpha value is -3.40. The quantitative estimate of drug-likeness (QED) is 0.404. The molecule has 0 unspecified atom stereocenters. The standard InChI is InChI=1S/C21H18F4N2O4/c1-30-13-9-4-3-6-12(13)14-15(22)17(24)19(18(25)16(14)23)26-20(28)10-7-5-8-11(10)21(29)27-31-2/h3-4,6,9H,5,7-8H2,1-2H3,(H,26,28)(H,27,29)/i1D3. The van der Waals surface area contributed by atoms with Crippen molar-refractivity contribution < 1.29 is 40.8 Å². The fraction of sp³-hybridized carbons (Fsp3) is 0.238. The zero-order chi connectivity index (χ0) is 25.2. The molecule has 0 radical (unpaired) electrons. The third-order valence-corrected chi connectivity index (χ3v) is 4.73. The van der Waals surface area contributed by atoms with Crippen molar-refractivity contribution in [3.8, 4) is 16.9 Å². The van der Waals surface area contributed by atoms with Crippen LogP contribution in [0.15, 0.2) is 35.4 Å². The summed E-state index contributed by atoms with van der Waals surface area (Å²) in [6.45, 7) is 0. The Bertz CT molecular complexity index is 1160. The second-order valence-corrected chi connectivity index (χ2v) is 6.50. The first kappa shape index (κ1) is 18.4. The van der Waals surface area contributed by atoms with Crippen molar-refractivity contribution in [2.24, 2.45) is 0 Å². The van der Waals surface area contributed by atoms with Crippen LogP contribution < -0.4 is 15.5 Å². The number of halogens is 4. The van der Waals surface area contributed by atoms with E-state index in [9.17, 15) is 27.2 Å². The van der Waals surface area contributed by atoms with Crippen molar-refractivity contribution in [1.29, 1.82) is 0 Å². The van der Waals surface area contributed by atoms with Gasteiger partial charge < -0.3 is 10.1 Å². The van der Waals surface area contributed by atoms with Crippen LogP contribution in [0.4, 0.5) is 23.2 Å². The number of carbonyl (C=O) groups excluding carboxylic acids is 2. The minimum atomic E-state index is -3.00. The first-order chi connectivity index (χ1) is 16.0. The molecule has 0 heterocycles. The highest BCUT2D eigenvalue weighted by Crippen LogP contribution is 2.39. The van der Waals surface area contributed by atoms with E-state index < -0.39 is 64.7 Å². The van der Waals surface area contributed by atoms with Gasteiger partial charge in [0.05, 0.1) is 23.8 Å². The first-order valence-electron chi connectivity index (χ1n) is 10.5. The van der Waals surface area contributed by atoms with Crippen LogP contribution >= 0.6 is 0 Å². The average Bonchev–Trinajstić information content (AvgIpc) is 3.26. The minimum absolute atomic E-state index is 0.00784. The van der Waals surface area contributed by atoms with Gasteiger partial charge >= 0.3 is 0 Å². The van der Waals surface area contributed by atoms with Crippen LogP contribution in [-0.4, -0.2) is 26.0 Å². The third kappa shape index (κ3) is 4.11. The molecule has 0 saturated heterocycles. The fourth-order valence-electron chi connectivity index (χ4n) is 3.33. The number of benzene rings is 2. The highest BCUT2D eigenvalue weighted by molar-refractivity contribution is 6.10. The summed E-state index contributed by atoms with van der Waals surface area (Å²) in [5.74, 6) is -10.00. The number of ether oxygens (including phenoxy) is 1. The van der Waals surface area contributed by atoms with Crippen LogP contribution in [0.3, 0.4) is 0 Å². The van der Waals surface area contributed by atoms with Crippen molar-refractivity contribution in [2.45, 2.75) is 19.3 Å². The van der Waals surface area contributed by atoms with Crippen molar-refractivity contribution in [3.05, 3.63) is 58.7 Å². The van der Waals surface area contributed by atoms with Gasteiger partial charge in [-0.25, -0.2) is 23.0 Å². The van der Waals surface area contributed by atoms with Gasteiger partial charge in [-0.1, -0.05) is 18.2 Å². The lowest BCUT2D eigenvalue weighted by Crippen LogP contribution is -2.26. The number of carbonyl (C=O) groups is 2. The van der Waals surface area contributed by atoms with Gasteiger partial charge in [0.25, 0.3) is 11.8 Å². The molecule has 31 heavy (non-hydrogen) atoms. The lowest BCUT2D eigenvalue weighted by molar-refractivity contribution is -0.127. The highest BCUT2D eigenvalue weighted by atomic mass is 19.2. The Morgan fingerprint density at radius 3 is 2.19 bits per heavy atom. The molecule has 1 aliphatic carbocycles. The van der Waals surface area contributed by atoms with Crippen LogP contribution in [0, 0.1) is 23.3 Å². The summed E-state index contributed by atoms with van der Waals surface area (Å²) in [6, 6.07) is 4.63. The third-order valence-electron chi connectivity index (χ3n) is 4.73. The van der Waals surface area contributed by atoms with Gasteiger partial charge in [-0.3, -0.25) is 14.4 Å². The Labute approximate surface area is 179 Å². The second-order valence-electron chi connectivity index (χ2n) is 6.50. The predicted molar refractivity (Wildman–Crippen MR) is 103 cm³/mol. The molecular weight excluding hydrogens is 420 g/mol. The average molecular weight is 441 g/mol. The van der Waals surface area contributed by atoms with E-state index in [1.54, 1.807) is 5.32 Å². The molecule has 0 bridgehead atoms. The maximum absolute atomic E-state index is 14.9. The lowest BCUT2D eigenvalue weighted by atomic mass is 10.0. The Morgan fingerprint density at radius 1 is 0.968 bits per heavy atom. The Kier molecular flexibility index (Phi) is 5.44. The highest BCUT2D eigenvalue weighted by Gasteiger charge is 2.31. The topological polar surface area (TPSA) is 76.7 Å². The summed E-state index contributed by atoms with van der Waals surface area (Å²) in [5.41, 5.74) is -1.25. The number of hydrogen-bond donors (Lipinski definition) is 2. The molecule has 2 N–H and O–H groups in total. The number of hydroxylamine groups is 1. The van der Waals surface area contributed by atoms with Crippen molar-refractivity contribution >= 4 is 17.5 Å². The zero-order valence-corrected chi connectivity index (χ0v) is 16.1. The van der Waals surface area contributed by atoms with Crippen molar-refractivity contribution in [3.63, 3.8) is 0 Å². The molecule has 0 spiro atoms. The van der Waals surface area contributed by atoms with E-state index in [0.29, 0.717) is 6.42 Å². The largest absolute Gasteiger partial charge is 0.496 e. The Balaban J connectivity index is 2.04. The summed E-state index contributed by atoms with van der Waals surface area (Å²) < 4.78 is 85.7. The number of hydrogen-bond acceptors (Lipinski definition) is 4. The number of nitrogens with one attached hydrogen (secondary N) is 2. The van der Waals surface area contributed by atoms with E-state index in [1.165, 1.54) is 19.2 Å². The van der Waals surface area contributed by atoms with Gasteiger partial charge in [-0.15, -0.1) is 0 Å². The van der Waals surface area contributed by atoms with E-state index >= 15 is 0 Å². The molecule has 0 saturated carbocycles. The van der Waals surface area contributed by atoms with Gasteiger partial charge in [-0.05, 0) is 25.3 Å². The fourth-order valence-corrected chi connectivity index (χ4v) is 3.33. The molecule has 2 amide bonds. The van der Waals surface area contributed by atoms with E-state index in [-0.39, 0.29) is 24.0 Å². The number of methoxy groups -OCH3 is 1. The number of rotatable bonds is 6. The van der Waals surface area contributed by atoms with Gasteiger partial charge in [0.2, 0.25) is 0 Å². The van der Waals surface area contributed by atoms with Crippen LogP contribution in [0.2, 0.25) is 0 Å². The van der Waals surface area contributed by atoms with Gasteiger partial charge in [0, 0.05) is 16.7 Å². The molecule has 10 heteroatoms. The number of amides is 2. The molecule has 164 valence electrons. The lowest BCUT2D eigenvalue weighted by Gasteiger charge is -2.15. The van der Waals surface area contributed by atoms with E-state index in [1.807, 2.05) is 5.48 Å². The SMILES string of the molecule is [2H]C([2H])([2H])Oc1ccccc1-c1c(F)c(F)c(NC(=O)C2=C(C(=O)NOC)CCC2)c(F)c1F. The summed E-state index contributed by atoms with van der Waals surface area (Å²) in [5, 5.41) is 1.79. The maximum Gasteiger partial charge on any atom is 0.271 e. The van der Waals surface area contributed by atoms with E-state index in [4.69, 9.17) is 8.85 Å². The maximum atomic E-state index is 14.9. The number of para-hydroxylation sites is 1. The molecule has 6 nitrogen and oxygen atoms in total. The summed E-state index contributed by atoms with van der Waals surface area (Å²) >= 11 is 0. The number of anilines is 1. The molecule has 2 aromatic carbocycles. The smallest absolute Gasteiger partial charge is 0.271 e. The van der Waals surface area contributed by atoms with E-state index in [0.717, 1.165) is 12.1 Å². The molecule has 0 aliphatic heterocycles. The molecular formula is C21H18F4N2O4. The molecule has 0 atom stereocenters. The van der Waals surface area contributed by atoms with E-state index in [2.05, 4.69) is 4.84 Å². The van der Waals surface area contributed by atoms with Crippen LogP contribution in [-0.2, 0) is 14.4 Å². The molecule has 0 aromatic heterocycles. The normalized spacial score (nSPS) is 15.2. The van der Waals surface area contributed by atoms with Crippen LogP contribution in [0.5, 0.6) is 5.75 Å². The minimum Gasteiger partial charge on any atom is -0.496 e. The molecule has 3 rings (SSSR count). The molecule has 1 aliphatic rings. The summed E-state index contributed by atoms with van der Waals surface area (Å²) in [4.78, 5) is 29.1. The van der Waals surface area contributed by atoms with Crippen LogP contribution in [0.25, 0.3) is 11.1 Å². The molecule has 2 aromatic rings. The summed E-state index contributed by atoms with van der Waals surface area (Å²) in [7, 11) is -1.83. The summed E-state index contributed by atoms with van der Waals surface area (Å²) in [6.07, 6.45) is 0.664. The Morgan fingerprint density at radius 2 is 1.58 bits per heavy atom. The molecule has 0 fully saturated rings.